The average Bonchev–Trinajstić information content (AvgIpc) is 2.89. The third kappa shape index (κ3) is 4.32. The van der Waals surface area contributed by atoms with Gasteiger partial charge in [0.05, 0.1) is 32.0 Å². The van der Waals surface area contributed by atoms with E-state index < -0.39 is 6.10 Å². The van der Waals surface area contributed by atoms with E-state index in [2.05, 4.69) is 6.58 Å². The van der Waals surface area contributed by atoms with Gasteiger partial charge in [0.15, 0.2) is 0 Å². The molecule has 3 rings (SSSR count). The van der Waals surface area contributed by atoms with Gasteiger partial charge in [-0.3, -0.25) is 0 Å². The van der Waals surface area contributed by atoms with Crippen molar-refractivity contribution in [3.8, 4) is 0 Å². The number of ether oxygens (including phenoxy) is 2. The number of aliphatic hydroxyl groups excluding tert-OH is 1. The first-order valence-electron chi connectivity index (χ1n) is 8.38. The highest BCUT2D eigenvalue weighted by atomic mass is 16.5. The molecule has 126 valence electrons. The van der Waals surface area contributed by atoms with E-state index in [9.17, 15) is 5.11 Å². The average molecular weight is 324 g/mol. The van der Waals surface area contributed by atoms with Crippen LogP contribution in [-0.4, -0.2) is 23.9 Å². The number of aliphatic hydroxyl groups is 1. The molecule has 1 aliphatic carbocycles. The lowest BCUT2D eigenvalue weighted by molar-refractivity contribution is -0.0145. The number of rotatable bonds is 7. The van der Waals surface area contributed by atoms with Crippen LogP contribution in [0.1, 0.15) is 17.5 Å². The lowest BCUT2D eigenvalue weighted by atomic mass is 10.0. The van der Waals surface area contributed by atoms with E-state index in [0.29, 0.717) is 26.2 Å². The van der Waals surface area contributed by atoms with Gasteiger partial charge in [-0.25, -0.2) is 0 Å². The van der Waals surface area contributed by atoms with Crippen LogP contribution in [0.4, 0.5) is 0 Å². The minimum atomic E-state index is -0.504. The Morgan fingerprint density at radius 1 is 0.917 bits per heavy atom. The Kier molecular flexibility index (Phi) is 5.81. The zero-order chi connectivity index (χ0) is 16.8. The highest BCUT2D eigenvalue weighted by Crippen LogP contribution is 2.33. The summed E-state index contributed by atoms with van der Waals surface area (Å²) in [6.45, 7) is 5.66. The minimum Gasteiger partial charge on any atom is -0.389 e. The van der Waals surface area contributed by atoms with E-state index in [4.69, 9.17) is 9.47 Å². The van der Waals surface area contributed by atoms with Crippen LogP contribution in [0, 0.1) is 5.92 Å². The third-order valence-corrected chi connectivity index (χ3v) is 4.52. The van der Waals surface area contributed by atoms with Gasteiger partial charge in [-0.2, -0.15) is 0 Å². The standard InChI is InChI=1S/C21H24O3/c1-16-19(15-23-13-17-8-4-2-5-9-17)21(12-20(16)22)24-14-18-10-6-3-7-11-18/h2-11,19-22H,1,12-15H2/t19-,20-,21-/m0/s1. The van der Waals surface area contributed by atoms with Crippen LogP contribution >= 0.6 is 0 Å². The fourth-order valence-corrected chi connectivity index (χ4v) is 3.08. The maximum Gasteiger partial charge on any atom is 0.0777 e. The topological polar surface area (TPSA) is 38.7 Å². The van der Waals surface area contributed by atoms with E-state index >= 15 is 0 Å². The van der Waals surface area contributed by atoms with Crippen LogP contribution in [0.2, 0.25) is 0 Å². The molecule has 1 fully saturated rings. The van der Waals surface area contributed by atoms with Gasteiger partial charge in [0, 0.05) is 12.3 Å². The Bertz CT molecular complexity index is 639. The molecule has 0 radical (unpaired) electrons. The molecule has 0 spiro atoms. The van der Waals surface area contributed by atoms with Gasteiger partial charge in [-0.05, 0) is 16.7 Å². The van der Waals surface area contributed by atoms with Crippen LogP contribution in [0.25, 0.3) is 0 Å². The van der Waals surface area contributed by atoms with Crippen molar-refractivity contribution in [3.05, 3.63) is 83.9 Å². The predicted octanol–water partition coefficient (Wildman–Crippen LogP) is 3.73. The molecule has 2 aromatic rings. The summed E-state index contributed by atoms with van der Waals surface area (Å²) in [5, 5.41) is 10.1. The quantitative estimate of drug-likeness (QED) is 0.789. The van der Waals surface area contributed by atoms with Crippen molar-refractivity contribution in [1.29, 1.82) is 0 Å². The Balaban J connectivity index is 1.53. The number of hydrogen-bond acceptors (Lipinski definition) is 3. The molecular formula is C21H24O3. The first-order chi connectivity index (χ1) is 11.7. The molecule has 0 aliphatic heterocycles. The zero-order valence-electron chi connectivity index (χ0n) is 13.8. The third-order valence-electron chi connectivity index (χ3n) is 4.52. The predicted molar refractivity (Wildman–Crippen MR) is 94.4 cm³/mol. The monoisotopic (exact) mass is 324 g/mol. The highest BCUT2D eigenvalue weighted by Gasteiger charge is 2.37. The largest absolute Gasteiger partial charge is 0.389 e. The van der Waals surface area contributed by atoms with Crippen molar-refractivity contribution < 1.29 is 14.6 Å². The molecule has 1 N–H and O–H groups in total. The molecule has 0 amide bonds. The van der Waals surface area contributed by atoms with Crippen molar-refractivity contribution in [1.82, 2.24) is 0 Å². The molecule has 1 aliphatic rings. The summed E-state index contributed by atoms with van der Waals surface area (Å²) in [7, 11) is 0. The molecule has 0 saturated heterocycles. The van der Waals surface area contributed by atoms with Crippen molar-refractivity contribution in [2.45, 2.75) is 31.8 Å². The summed E-state index contributed by atoms with van der Waals surface area (Å²) in [6.07, 6.45) is 0.0324. The van der Waals surface area contributed by atoms with E-state index in [1.54, 1.807) is 0 Å². The highest BCUT2D eigenvalue weighted by molar-refractivity contribution is 5.18. The molecule has 3 atom stereocenters. The summed E-state index contributed by atoms with van der Waals surface area (Å²) in [4.78, 5) is 0. The second-order valence-corrected chi connectivity index (χ2v) is 6.27. The molecule has 1 saturated carbocycles. The van der Waals surface area contributed by atoms with Crippen LogP contribution in [0.3, 0.4) is 0 Å². The van der Waals surface area contributed by atoms with Gasteiger partial charge in [0.1, 0.15) is 0 Å². The maximum atomic E-state index is 10.1. The minimum absolute atomic E-state index is 0.0347. The summed E-state index contributed by atoms with van der Waals surface area (Å²) < 4.78 is 11.9. The first kappa shape index (κ1) is 16.9. The van der Waals surface area contributed by atoms with E-state index in [1.807, 2.05) is 60.7 Å². The molecular weight excluding hydrogens is 300 g/mol. The molecule has 2 aromatic carbocycles. The Labute approximate surface area is 143 Å². The van der Waals surface area contributed by atoms with E-state index in [0.717, 1.165) is 16.7 Å². The fourth-order valence-electron chi connectivity index (χ4n) is 3.08. The molecule has 3 heteroatoms. The zero-order valence-corrected chi connectivity index (χ0v) is 13.8. The van der Waals surface area contributed by atoms with Gasteiger partial charge >= 0.3 is 0 Å². The van der Waals surface area contributed by atoms with Crippen molar-refractivity contribution in [3.63, 3.8) is 0 Å². The SMILES string of the molecule is C=C1[C@@H](O)C[C@H](OCc2ccccc2)[C@H]1COCc1ccccc1. The van der Waals surface area contributed by atoms with Crippen LogP contribution in [0.15, 0.2) is 72.8 Å². The molecule has 24 heavy (non-hydrogen) atoms. The normalized spacial score (nSPS) is 23.5. The lowest BCUT2D eigenvalue weighted by Crippen LogP contribution is -2.23. The van der Waals surface area contributed by atoms with Gasteiger partial charge < -0.3 is 14.6 Å². The fraction of sp³-hybridized carbons (Fsp3) is 0.333. The van der Waals surface area contributed by atoms with Crippen LogP contribution in [0.5, 0.6) is 0 Å². The lowest BCUT2D eigenvalue weighted by Gasteiger charge is -2.21. The van der Waals surface area contributed by atoms with Gasteiger partial charge in [0.2, 0.25) is 0 Å². The van der Waals surface area contributed by atoms with Crippen LogP contribution < -0.4 is 0 Å². The molecule has 0 heterocycles. The van der Waals surface area contributed by atoms with Crippen molar-refractivity contribution in [2.75, 3.05) is 6.61 Å². The smallest absolute Gasteiger partial charge is 0.0777 e. The van der Waals surface area contributed by atoms with Gasteiger partial charge in [-0.15, -0.1) is 0 Å². The van der Waals surface area contributed by atoms with Gasteiger partial charge in [-0.1, -0.05) is 67.2 Å². The summed E-state index contributed by atoms with van der Waals surface area (Å²) in [5.41, 5.74) is 3.10. The summed E-state index contributed by atoms with van der Waals surface area (Å²) in [6, 6.07) is 20.2. The Morgan fingerprint density at radius 2 is 1.50 bits per heavy atom. The molecule has 0 unspecified atom stereocenters. The van der Waals surface area contributed by atoms with E-state index in [1.165, 1.54) is 0 Å². The summed E-state index contributed by atoms with van der Waals surface area (Å²) in [5.74, 6) is 0.0347. The van der Waals surface area contributed by atoms with Crippen molar-refractivity contribution >= 4 is 0 Å². The maximum absolute atomic E-state index is 10.1. The molecule has 0 bridgehead atoms. The number of hydrogen-bond donors (Lipinski definition) is 1. The molecule has 0 aromatic heterocycles. The Hall–Kier alpha value is -1.94. The first-order valence-corrected chi connectivity index (χ1v) is 8.38. The second kappa shape index (κ2) is 8.25. The van der Waals surface area contributed by atoms with E-state index in [-0.39, 0.29) is 12.0 Å². The van der Waals surface area contributed by atoms with Crippen molar-refractivity contribution in [2.24, 2.45) is 5.92 Å². The molecule has 3 nitrogen and oxygen atoms in total. The second-order valence-electron chi connectivity index (χ2n) is 6.27. The van der Waals surface area contributed by atoms with Crippen LogP contribution in [-0.2, 0) is 22.7 Å². The summed E-state index contributed by atoms with van der Waals surface area (Å²) >= 11 is 0. The Morgan fingerprint density at radius 3 is 2.12 bits per heavy atom. The number of benzene rings is 2. The van der Waals surface area contributed by atoms with Gasteiger partial charge in [0.25, 0.3) is 0 Å².